The van der Waals surface area contributed by atoms with Crippen LogP contribution in [0.4, 0.5) is 0 Å². The van der Waals surface area contributed by atoms with Crippen LogP contribution < -0.4 is 0 Å². The van der Waals surface area contributed by atoms with Gasteiger partial charge in [-0.3, -0.25) is 0 Å². The van der Waals surface area contributed by atoms with Gasteiger partial charge in [-0.15, -0.1) is 0 Å². The number of ether oxygens (including phenoxy) is 1. The molecule has 22 heavy (non-hydrogen) atoms. The van der Waals surface area contributed by atoms with E-state index < -0.39 is 49.2 Å². The summed E-state index contributed by atoms with van der Waals surface area (Å²) in [5, 5.41) is 0. The summed E-state index contributed by atoms with van der Waals surface area (Å²) in [5.74, 6) is -4.18. The van der Waals surface area contributed by atoms with Gasteiger partial charge in [0.2, 0.25) is 0 Å². The van der Waals surface area contributed by atoms with Gasteiger partial charge in [-0.25, -0.2) is 0 Å². The SMILES string of the molecule is CCC[CH2][SnH]([CH2]CCC)[CH2]C(=O)OC(=O)C(C(C)=O)C(C)=O. The zero-order chi connectivity index (χ0) is 17.1. The number of hydrogen-bond donors (Lipinski definition) is 0. The predicted octanol–water partition coefficient (Wildman–Crippen LogP) is 2.68. The number of ketones is 2. The zero-order valence-electron chi connectivity index (χ0n) is 14.1. The Morgan fingerprint density at radius 1 is 0.909 bits per heavy atom. The van der Waals surface area contributed by atoms with Crippen LogP contribution in [0.3, 0.4) is 0 Å². The summed E-state index contributed by atoms with van der Waals surface area (Å²) in [6, 6.07) is 0. The molecular weight excluding hydrogens is 391 g/mol. The van der Waals surface area contributed by atoms with E-state index in [4.69, 9.17) is 4.74 Å². The third kappa shape index (κ3) is 8.66. The quantitative estimate of drug-likeness (QED) is 0.293. The van der Waals surface area contributed by atoms with E-state index in [0.717, 1.165) is 48.4 Å². The Morgan fingerprint density at radius 3 is 1.73 bits per heavy atom. The van der Waals surface area contributed by atoms with E-state index in [1.165, 1.54) is 0 Å². The Bertz CT molecular complexity index is 383. The second kappa shape index (κ2) is 11.8. The van der Waals surface area contributed by atoms with Crippen LogP contribution in [0.1, 0.15) is 53.4 Å². The predicted molar refractivity (Wildman–Crippen MR) is 87.3 cm³/mol. The summed E-state index contributed by atoms with van der Waals surface area (Å²) >= 11 is -2.01. The molecule has 0 radical (unpaired) electrons. The van der Waals surface area contributed by atoms with Crippen LogP contribution in [0.5, 0.6) is 0 Å². The normalized spacial score (nSPS) is 10.8. The average molecular weight is 419 g/mol. The first-order valence-corrected chi connectivity index (χ1v) is 15.1. The van der Waals surface area contributed by atoms with Crippen LogP contribution in [0.2, 0.25) is 13.3 Å². The molecule has 0 saturated carbocycles. The number of hydrogen-bond acceptors (Lipinski definition) is 5. The van der Waals surface area contributed by atoms with Crippen molar-refractivity contribution < 1.29 is 23.9 Å². The number of rotatable bonds is 11. The molecule has 0 aliphatic rings. The Morgan fingerprint density at radius 2 is 1.36 bits per heavy atom. The van der Waals surface area contributed by atoms with Crippen molar-refractivity contribution in [3.8, 4) is 0 Å². The van der Waals surface area contributed by atoms with Crippen molar-refractivity contribution in [3.63, 3.8) is 0 Å². The molecule has 0 aliphatic heterocycles. The number of carbonyl (C=O) groups excluding carboxylic acids is 4. The number of esters is 2. The van der Waals surface area contributed by atoms with E-state index in [1.807, 2.05) is 0 Å². The summed E-state index contributed by atoms with van der Waals surface area (Å²) in [5.41, 5.74) is 0. The van der Waals surface area contributed by atoms with E-state index in [2.05, 4.69) is 13.8 Å². The molecule has 0 aromatic rings. The van der Waals surface area contributed by atoms with Gasteiger partial charge in [0.1, 0.15) is 0 Å². The second-order valence-electron chi connectivity index (χ2n) is 5.80. The van der Waals surface area contributed by atoms with E-state index in [9.17, 15) is 19.2 Å². The van der Waals surface area contributed by atoms with Gasteiger partial charge in [-0.05, 0) is 0 Å². The third-order valence-corrected chi connectivity index (χ3v) is 13.2. The first-order chi connectivity index (χ1) is 10.3. The molecule has 0 rings (SSSR count). The number of unbranched alkanes of at least 4 members (excludes halogenated alkanes) is 2. The summed E-state index contributed by atoms with van der Waals surface area (Å²) in [6.45, 7) is 6.55. The van der Waals surface area contributed by atoms with Gasteiger partial charge in [0.15, 0.2) is 0 Å². The molecule has 0 saturated heterocycles. The van der Waals surface area contributed by atoms with Crippen molar-refractivity contribution in [2.24, 2.45) is 5.92 Å². The molecule has 0 spiro atoms. The van der Waals surface area contributed by atoms with Crippen LogP contribution in [-0.2, 0) is 23.9 Å². The molecule has 0 aromatic heterocycles. The van der Waals surface area contributed by atoms with Gasteiger partial charge in [-0.1, -0.05) is 0 Å². The van der Waals surface area contributed by atoms with Gasteiger partial charge in [0.05, 0.1) is 0 Å². The van der Waals surface area contributed by atoms with Crippen molar-refractivity contribution in [1.82, 2.24) is 0 Å². The average Bonchev–Trinajstić information content (AvgIpc) is 2.40. The molecule has 0 unspecified atom stereocenters. The fraction of sp³-hybridized carbons (Fsp3) is 0.750. The van der Waals surface area contributed by atoms with Crippen molar-refractivity contribution >= 4 is 43.3 Å². The number of Topliss-reactive ketones (excluding diaryl/α,β-unsaturated/α-hetero) is 2. The molecule has 0 fully saturated rings. The summed E-state index contributed by atoms with van der Waals surface area (Å²) in [6.07, 6.45) is 4.44. The topological polar surface area (TPSA) is 77.5 Å². The van der Waals surface area contributed by atoms with Gasteiger partial charge in [0, 0.05) is 0 Å². The van der Waals surface area contributed by atoms with E-state index in [0.29, 0.717) is 4.44 Å². The molecule has 0 bridgehead atoms. The van der Waals surface area contributed by atoms with Crippen molar-refractivity contribution in [2.75, 3.05) is 0 Å². The molecule has 0 amide bonds. The van der Waals surface area contributed by atoms with Crippen LogP contribution in [0.15, 0.2) is 0 Å². The van der Waals surface area contributed by atoms with Crippen LogP contribution >= 0.6 is 0 Å². The fourth-order valence-electron chi connectivity index (χ4n) is 2.40. The van der Waals surface area contributed by atoms with Gasteiger partial charge in [0.25, 0.3) is 0 Å². The number of carbonyl (C=O) groups is 4. The van der Waals surface area contributed by atoms with Crippen LogP contribution in [0, 0.1) is 5.92 Å². The fourth-order valence-corrected chi connectivity index (χ4v) is 11.6. The van der Waals surface area contributed by atoms with Gasteiger partial charge >= 0.3 is 140 Å². The summed E-state index contributed by atoms with van der Waals surface area (Å²) in [4.78, 5) is 46.3. The molecular formula is C16H28O5Sn. The Kier molecular flexibility index (Phi) is 11.4. The van der Waals surface area contributed by atoms with E-state index in [-0.39, 0.29) is 0 Å². The molecule has 0 atom stereocenters. The first-order valence-electron chi connectivity index (χ1n) is 8.08. The Labute approximate surface area is 139 Å². The third-order valence-electron chi connectivity index (χ3n) is 3.65. The summed E-state index contributed by atoms with van der Waals surface area (Å²) in [7, 11) is 0. The minimum atomic E-state index is -2.01. The molecule has 0 heterocycles. The molecule has 0 aromatic carbocycles. The van der Waals surface area contributed by atoms with Crippen LogP contribution in [0.25, 0.3) is 0 Å². The Balaban J connectivity index is 4.56. The standard InChI is InChI=1S/C8H9O5.2C4H9.Sn.H/c1-4(9)7(5(2)10)8(12)13-6(3)11;2*1-3-4-2;;/h7H,3H2,1-2H3;2*1,3-4H2,2H3;;. The van der Waals surface area contributed by atoms with Gasteiger partial charge in [-0.2, -0.15) is 0 Å². The maximum absolute atomic E-state index is 11.9. The molecule has 126 valence electrons. The monoisotopic (exact) mass is 420 g/mol. The van der Waals surface area contributed by atoms with Crippen molar-refractivity contribution in [1.29, 1.82) is 0 Å². The zero-order valence-corrected chi connectivity index (χ0v) is 17.4. The van der Waals surface area contributed by atoms with Gasteiger partial charge < -0.3 is 0 Å². The first kappa shape index (κ1) is 21.3. The summed E-state index contributed by atoms with van der Waals surface area (Å²) < 4.78 is 7.39. The van der Waals surface area contributed by atoms with E-state index in [1.54, 1.807) is 0 Å². The van der Waals surface area contributed by atoms with Crippen molar-refractivity contribution in [2.45, 2.75) is 66.7 Å². The van der Waals surface area contributed by atoms with Crippen molar-refractivity contribution in [3.05, 3.63) is 0 Å². The maximum atomic E-state index is 11.9. The molecule has 6 heteroatoms. The molecule has 0 aliphatic carbocycles. The van der Waals surface area contributed by atoms with Crippen LogP contribution in [-0.4, -0.2) is 43.3 Å². The Hall–Kier alpha value is -0.721. The second-order valence-corrected chi connectivity index (χ2v) is 15.2. The minimum absolute atomic E-state index is 0.371. The molecule has 0 N–H and O–H groups in total. The molecule has 5 nitrogen and oxygen atoms in total. The van der Waals surface area contributed by atoms with E-state index >= 15 is 0 Å².